The van der Waals surface area contributed by atoms with E-state index in [1.165, 1.54) is 6.07 Å². The molecule has 31 heavy (non-hydrogen) atoms. The van der Waals surface area contributed by atoms with Gasteiger partial charge in [0.2, 0.25) is 5.89 Å². The zero-order valence-corrected chi connectivity index (χ0v) is 17.9. The number of aryl methyl sites for hydroxylation is 2. The summed E-state index contributed by atoms with van der Waals surface area (Å²) in [4.78, 5) is 17.1. The lowest BCUT2D eigenvalue weighted by atomic mass is 10.2. The number of hydrogen-bond donors (Lipinski definition) is 1. The molecule has 0 atom stereocenters. The molecule has 0 fully saturated rings. The Labute approximate surface area is 182 Å². The molecule has 0 spiro atoms. The van der Waals surface area contributed by atoms with Gasteiger partial charge in [-0.05, 0) is 62.7 Å². The average molecular weight is 440 g/mol. The Bertz CT molecular complexity index is 1260. The normalized spacial score (nSPS) is 11.0. The second-order valence-electron chi connectivity index (χ2n) is 7.13. The second kappa shape index (κ2) is 8.31. The molecule has 0 unspecified atom stereocenters. The van der Waals surface area contributed by atoms with Crippen LogP contribution in [0.1, 0.15) is 33.2 Å². The van der Waals surface area contributed by atoms with Gasteiger partial charge in [0.15, 0.2) is 5.69 Å². The van der Waals surface area contributed by atoms with Gasteiger partial charge in [-0.25, -0.2) is 14.1 Å². The summed E-state index contributed by atoms with van der Waals surface area (Å²) in [5.74, 6) is 0.254. The van der Waals surface area contributed by atoms with Crippen LogP contribution in [0.25, 0.3) is 11.5 Å². The topological polar surface area (TPSA) is 85.8 Å². The number of anilines is 1. The number of amides is 1. The van der Waals surface area contributed by atoms with Crippen LogP contribution in [0, 0.1) is 26.6 Å². The number of nitrogens with zero attached hydrogens (tertiary/aromatic N) is 4. The molecule has 2 aromatic heterocycles. The van der Waals surface area contributed by atoms with E-state index in [9.17, 15) is 9.18 Å². The average Bonchev–Trinajstić information content (AvgIpc) is 3.28. The van der Waals surface area contributed by atoms with E-state index in [1.807, 2.05) is 19.1 Å². The third-order valence-electron chi connectivity index (χ3n) is 4.91. The predicted octanol–water partition coefficient (Wildman–Crippen LogP) is 4.95. The van der Waals surface area contributed by atoms with Crippen molar-refractivity contribution in [3.05, 3.63) is 81.7 Å². The number of nitrogens with one attached hydrogen (secondary N) is 1. The highest BCUT2D eigenvalue weighted by molar-refractivity contribution is 6.30. The van der Waals surface area contributed by atoms with Gasteiger partial charge in [-0.3, -0.25) is 4.79 Å². The highest BCUT2D eigenvalue weighted by Gasteiger charge is 2.19. The molecule has 4 aromatic rings. The van der Waals surface area contributed by atoms with Crippen molar-refractivity contribution < 1.29 is 13.6 Å². The summed E-state index contributed by atoms with van der Waals surface area (Å²) >= 11 is 5.93. The van der Waals surface area contributed by atoms with Crippen LogP contribution in [0.5, 0.6) is 0 Å². The molecule has 0 saturated carbocycles. The lowest BCUT2D eigenvalue weighted by Gasteiger charge is -2.06. The molecule has 9 heteroatoms. The first-order valence-electron chi connectivity index (χ1n) is 9.51. The van der Waals surface area contributed by atoms with Crippen molar-refractivity contribution in [1.82, 2.24) is 20.0 Å². The van der Waals surface area contributed by atoms with Gasteiger partial charge in [0.1, 0.15) is 17.3 Å². The number of aromatic nitrogens is 4. The summed E-state index contributed by atoms with van der Waals surface area (Å²) in [5, 5.41) is 11.3. The smallest absolute Gasteiger partial charge is 0.278 e. The number of oxazole rings is 1. The molecule has 7 nitrogen and oxygen atoms in total. The van der Waals surface area contributed by atoms with Gasteiger partial charge in [0.05, 0.1) is 12.2 Å². The van der Waals surface area contributed by atoms with Crippen molar-refractivity contribution in [1.29, 1.82) is 0 Å². The van der Waals surface area contributed by atoms with Crippen LogP contribution >= 0.6 is 11.6 Å². The van der Waals surface area contributed by atoms with Gasteiger partial charge in [-0.15, -0.1) is 5.10 Å². The quantitative estimate of drug-likeness (QED) is 0.475. The van der Waals surface area contributed by atoms with Crippen LogP contribution in [-0.2, 0) is 6.54 Å². The molecule has 0 aliphatic carbocycles. The van der Waals surface area contributed by atoms with Crippen LogP contribution < -0.4 is 5.32 Å². The largest absolute Gasteiger partial charge is 0.441 e. The lowest BCUT2D eigenvalue weighted by Crippen LogP contribution is -2.14. The molecular weight excluding hydrogens is 421 g/mol. The first kappa shape index (κ1) is 20.7. The van der Waals surface area contributed by atoms with Crippen molar-refractivity contribution in [2.45, 2.75) is 27.3 Å². The summed E-state index contributed by atoms with van der Waals surface area (Å²) < 4.78 is 21.1. The number of rotatable bonds is 5. The minimum absolute atomic E-state index is 0.153. The monoisotopic (exact) mass is 439 g/mol. The van der Waals surface area contributed by atoms with Gasteiger partial charge >= 0.3 is 0 Å². The van der Waals surface area contributed by atoms with E-state index in [0.29, 0.717) is 39.3 Å². The number of carbonyl (C=O) groups is 1. The lowest BCUT2D eigenvalue weighted by molar-refractivity contribution is 0.102. The van der Waals surface area contributed by atoms with Gasteiger partial charge in [-0.1, -0.05) is 22.9 Å². The Kier molecular flexibility index (Phi) is 5.56. The van der Waals surface area contributed by atoms with Crippen molar-refractivity contribution in [2.24, 2.45) is 0 Å². The Morgan fingerprint density at radius 3 is 2.61 bits per heavy atom. The molecule has 158 valence electrons. The maximum absolute atomic E-state index is 13.7. The van der Waals surface area contributed by atoms with Gasteiger partial charge in [0.25, 0.3) is 5.91 Å². The van der Waals surface area contributed by atoms with Crippen molar-refractivity contribution in [3.63, 3.8) is 0 Å². The summed E-state index contributed by atoms with van der Waals surface area (Å²) in [6, 6.07) is 11.7. The summed E-state index contributed by atoms with van der Waals surface area (Å²) in [5.41, 5.74) is 3.04. The molecule has 0 aliphatic rings. The maximum Gasteiger partial charge on any atom is 0.278 e. The Morgan fingerprint density at radius 1 is 1.16 bits per heavy atom. The zero-order chi connectivity index (χ0) is 22.1. The molecule has 1 amide bonds. The standard InChI is InChI=1S/C22H19ClFN5O2/c1-12-4-9-17(10-18(12)24)25-21(30)20-13(2)29(28-27-20)11-19-14(3)31-22(26-19)15-5-7-16(23)8-6-15/h4-10H,11H2,1-3H3,(H,25,30). The summed E-state index contributed by atoms with van der Waals surface area (Å²) in [6.45, 7) is 5.49. The highest BCUT2D eigenvalue weighted by Crippen LogP contribution is 2.24. The molecule has 0 aliphatic heterocycles. The first-order valence-corrected chi connectivity index (χ1v) is 9.89. The van der Waals surface area contributed by atoms with Crippen molar-refractivity contribution in [2.75, 3.05) is 5.32 Å². The molecule has 2 heterocycles. The Balaban J connectivity index is 1.52. The van der Waals surface area contributed by atoms with Crippen LogP contribution in [0.4, 0.5) is 10.1 Å². The summed E-state index contributed by atoms with van der Waals surface area (Å²) in [6.07, 6.45) is 0. The van der Waals surface area contributed by atoms with Crippen molar-refractivity contribution in [3.8, 4) is 11.5 Å². The molecule has 2 aromatic carbocycles. The molecule has 0 saturated heterocycles. The number of benzene rings is 2. The fourth-order valence-electron chi connectivity index (χ4n) is 3.01. The van der Waals surface area contributed by atoms with Crippen LogP contribution in [0.2, 0.25) is 5.02 Å². The van der Waals surface area contributed by atoms with E-state index in [4.69, 9.17) is 16.0 Å². The van der Waals surface area contributed by atoms with E-state index in [-0.39, 0.29) is 12.2 Å². The van der Waals surface area contributed by atoms with Gasteiger partial charge < -0.3 is 9.73 Å². The molecule has 4 rings (SSSR count). The fourth-order valence-corrected chi connectivity index (χ4v) is 3.14. The minimum Gasteiger partial charge on any atom is -0.441 e. The maximum atomic E-state index is 13.7. The third kappa shape index (κ3) is 4.34. The van der Waals surface area contributed by atoms with Crippen LogP contribution in [0.15, 0.2) is 46.9 Å². The molecule has 0 bridgehead atoms. The number of carbonyl (C=O) groups excluding carboxylic acids is 1. The van der Waals surface area contributed by atoms with Gasteiger partial charge in [0, 0.05) is 16.3 Å². The third-order valence-corrected chi connectivity index (χ3v) is 5.16. The fraction of sp³-hybridized carbons (Fsp3) is 0.182. The van der Waals surface area contributed by atoms with E-state index in [0.717, 1.165) is 5.56 Å². The van der Waals surface area contributed by atoms with E-state index in [2.05, 4.69) is 20.6 Å². The highest BCUT2D eigenvalue weighted by atomic mass is 35.5. The molecule has 0 radical (unpaired) electrons. The van der Waals surface area contributed by atoms with E-state index < -0.39 is 11.7 Å². The number of hydrogen-bond acceptors (Lipinski definition) is 5. The molecule has 1 N–H and O–H groups in total. The molecular formula is C22H19ClFN5O2. The minimum atomic E-state index is -0.467. The van der Waals surface area contributed by atoms with Crippen LogP contribution in [-0.4, -0.2) is 25.9 Å². The van der Waals surface area contributed by atoms with Crippen molar-refractivity contribution >= 4 is 23.2 Å². The first-order chi connectivity index (χ1) is 14.8. The van der Waals surface area contributed by atoms with E-state index in [1.54, 1.807) is 42.8 Å². The Hall–Kier alpha value is -3.52. The zero-order valence-electron chi connectivity index (χ0n) is 17.1. The number of halogens is 2. The van der Waals surface area contributed by atoms with Crippen LogP contribution in [0.3, 0.4) is 0 Å². The van der Waals surface area contributed by atoms with E-state index >= 15 is 0 Å². The predicted molar refractivity (Wildman–Crippen MR) is 115 cm³/mol. The van der Waals surface area contributed by atoms with Gasteiger partial charge in [-0.2, -0.15) is 0 Å². The Morgan fingerprint density at radius 2 is 1.90 bits per heavy atom. The summed E-state index contributed by atoms with van der Waals surface area (Å²) in [7, 11) is 0. The SMILES string of the molecule is Cc1ccc(NC(=O)c2nnn(Cc3nc(-c4ccc(Cl)cc4)oc3C)c2C)cc1F. The second-order valence-corrected chi connectivity index (χ2v) is 7.56.